The topological polar surface area (TPSA) is 92.3 Å². The van der Waals surface area contributed by atoms with E-state index < -0.39 is 18.5 Å². The quantitative estimate of drug-likeness (QED) is 0.510. The number of benzene rings is 1. The molecule has 0 saturated carbocycles. The van der Waals surface area contributed by atoms with Gasteiger partial charge in [-0.2, -0.15) is 0 Å². The van der Waals surface area contributed by atoms with Gasteiger partial charge in [-0.1, -0.05) is 0 Å². The zero-order chi connectivity index (χ0) is 18.8. The van der Waals surface area contributed by atoms with Crippen LogP contribution in [0.4, 0.5) is 9.59 Å². The number of hydrogen-bond acceptors (Lipinski definition) is 7. The molecule has 0 radical (unpaired) electrons. The van der Waals surface area contributed by atoms with E-state index in [4.69, 9.17) is 18.9 Å². The molecule has 0 aromatic heterocycles. The van der Waals surface area contributed by atoms with Crippen molar-refractivity contribution in [2.75, 3.05) is 27.4 Å². The largest absolute Gasteiger partial charge is 0.511 e. The summed E-state index contributed by atoms with van der Waals surface area (Å²) in [5, 5.41) is 2.57. The third kappa shape index (κ3) is 7.08. The fraction of sp³-hybridized carbons (Fsp3) is 0.500. The fourth-order valence-corrected chi connectivity index (χ4v) is 2.41. The van der Waals surface area contributed by atoms with E-state index in [1.165, 1.54) is 6.92 Å². The highest BCUT2D eigenvalue weighted by Crippen LogP contribution is 2.32. The van der Waals surface area contributed by atoms with Crippen LogP contribution in [0.2, 0.25) is 0 Å². The van der Waals surface area contributed by atoms with Gasteiger partial charge in [-0.25, -0.2) is 9.59 Å². The van der Waals surface area contributed by atoms with Gasteiger partial charge in [-0.15, -0.1) is 0 Å². The van der Waals surface area contributed by atoms with Crippen LogP contribution in [0.1, 0.15) is 19.4 Å². The number of halogens is 1. The summed E-state index contributed by atoms with van der Waals surface area (Å²) in [4.78, 5) is 22.8. The Labute approximate surface area is 154 Å². The summed E-state index contributed by atoms with van der Waals surface area (Å²) in [6, 6.07) is 3.62. The van der Waals surface area contributed by atoms with Crippen LogP contribution in [0, 0.1) is 0 Å². The fourth-order valence-electron chi connectivity index (χ4n) is 1.92. The van der Waals surface area contributed by atoms with Gasteiger partial charge in [0.15, 0.2) is 0 Å². The summed E-state index contributed by atoms with van der Waals surface area (Å²) in [7, 11) is 3.13. The van der Waals surface area contributed by atoms with Gasteiger partial charge >= 0.3 is 12.2 Å². The summed E-state index contributed by atoms with van der Waals surface area (Å²) in [6.45, 7) is 3.53. The molecule has 0 aliphatic heterocycles. The first-order valence-corrected chi connectivity index (χ1v) is 8.38. The zero-order valence-electron chi connectivity index (χ0n) is 14.6. The number of rotatable bonds is 8. The van der Waals surface area contributed by atoms with Gasteiger partial charge in [-0.05, 0) is 47.0 Å². The van der Waals surface area contributed by atoms with Gasteiger partial charge in [0.25, 0.3) is 0 Å². The Kier molecular flexibility index (Phi) is 8.90. The maximum absolute atomic E-state index is 11.7. The van der Waals surface area contributed by atoms with Crippen LogP contribution >= 0.6 is 15.9 Å². The van der Waals surface area contributed by atoms with E-state index in [1.54, 1.807) is 27.2 Å². The van der Waals surface area contributed by atoms with Crippen molar-refractivity contribution in [1.29, 1.82) is 0 Å². The van der Waals surface area contributed by atoms with Crippen LogP contribution in [0.15, 0.2) is 16.6 Å². The van der Waals surface area contributed by atoms with Gasteiger partial charge in [0.05, 0.1) is 25.3 Å². The van der Waals surface area contributed by atoms with E-state index in [9.17, 15) is 9.59 Å². The summed E-state index contributed by atoms with van der Waals surface area (Å²) < 4.78 is 25.5. The Balaban J connectivity index is 2.49. The summed E-state index contributed by atoms with van der Waals surface area (Å²) in [6.07, 6.45) is -2.16. The van der Waals surface area contributed by atoms with Crippen molar-refractivity contribution in [3.05, 3.63) is 22.2 Å². The Morgan fingerprint density at radius 1 is 1.16 bits per heavy atom. The maximum Gasteiger partial charge on any atom is 0.511 e. The predicted molar refractivity (Wildman–Crippen MR) is 93.0 cm³/mol. The molecule has 0 heterocycles. The molecule has 140 valence electrons. The lowest BCUT2D eigenvalue weighted by molar-refractivity contribution is -0.0734. The Morgan fingerprint density at radius 3 is 2.44 bits per heavy atom. The van der Waals surface area contributed by atoms with E-state index in [0.29, 0.717) is 24.5 Å². The first-order chi connectivity index (χ1) is 11.9. The number of nitrogens with one attached hydrogen (secondary N) is 1. The lowest BCUT2D eigenvalue weighted by Crippen LogP contribution is -2.31. The van der Waals surface area contributed by atoms with E-state index in [2.05, 4.69) is 26.0 Å². The van der Waals surface area contributed by atoms with Crippen LogP contribution in [-0.4, -0.2) is 45.9 Å². The molecular formula is C16H22BrNO7. The van der Waals surface area contributed by atoms with Gasteiger partial charge < -0.3 is 29.0 Å². The summed E-state index contributed by atoms with van der Waals surface area (Å²) >= 11 is 3.39. The van der Waals surface area contributed by atoms with Crippen molar-refractivity contribution in [1.82, 2.24) is 5.32 Å². The molecule has 1 aromatic carbocycles. The second kappa shape index (κ2) is 10.7. The number of amides is 1. The average Bonchev–Trinajstić information content (AvgIpc) is 2.55. The smallest absolute Gasteiger partial charge is 0.496 e. The van der Waals surface area contributed by atoms with Crippen molar-refractivity contribution >= 4 is 28.2 Å². The Morgan fingerprint density at radius 2 is 1.84 bits per heavy atom. The van der Waals surface area contributed by atoms with Crippen LogP contribution in [-0.2, 0) is 20.6 Å². The van der Waals surface area contributed by atoms with Crippen molar-refractivity contribution in [2.24, 2.45) is 0 Å². The molecular weight excluding hydrogens is 398 g/mol. The minimum absolute atomic E-state index is 0.177. The second-order valence-corrected chi connectivity index (χ2v) is 5.60. The molecule has 0 bridgehead atoms. The molecule has 9 heteroatoms. The monoisotopic (exact) mass is 419 g/mol. The normalized spacial score (nSPS) is 11.2. The molecule has 25 heavy (non-hydrogen) atoms. The molecule has 1 rings (SSSR count). The summed E-state index contributed by atoms with van der Waals surface area (Å²) in [5.41, 5.74) is 0.860. The summed E-state index contributed by atoms with van der Waals surface area (Å²) in [5.74, 6) is 1.33. The van der Waals surface area contributed by atoms with Crippen molar-refractivity contribution < 1.29 is 33.3 Å². The third-order valence-electron chi connectivity index (χ3n) is 3.02. The van der Waals surface area contributed by atoms with Gasteiger partial charge in [0.1, 0.15) is 11.5 Å². The van der Waals surface area contributed by atoms with Crippen LogP contribution in [0.5, 0.6) is 11.5 Å². The molecule has 1 amide bonds. The average molecular weight is 420 g/mol. The first kappa shape index (κ1) is 20.9. The second-order valence-electron chi connectivity index (χ2n) is 4.75. The first-order valence-electron chi connectivity index (χ1n) is 7.59. The van der Waals surface area contributed by atoms with E-state index >= 15 is 0 Å². The lowest BCUT2D eigenvalue weighted by atomic mass is 10.1. The van der Waals surface area contributed by atoms with Crippen molar-refractivity contribution in [2.45, 2.75) is 26.6 Å². The molecule has 0 aliphatic rings. The highest BCUT2D eigenvalue weighted by Gasteiger charge is 2.15. The third-order valence-corrected chi connectivity index (χ3v) is 3.64. The van der Waals surface area contributed by atoms with Gasteiger partial charge in [0.2, 0.25) is 6.29 Å². The molecule has 0 spiro atoms. The molecule has 0 saturated heterocycles. The number of methoxy groups -OCH3 is 2. The maximum atomic E-state index is 11.7. The Bertz CT molecular complexity index is 594. The molecule has 0 aliphatic carbocycles. The highest BCUT2D eigenvalue weighted by atomic mass is 79.9. The van der Waals surface area contributed by atoms with Gasteiger partial charge in [-0.3, -0.25) is 0 Å². The van der Waals surface area contributed by atoms with Crippen LogP contribution in [0.25, 0.3) is 0 Å². The SMILES string of the molecule is CCOC(=O)OC(C)OC(=O)NCCc1cc(OC)c(Br)cc1OC. The standard InChI is InChI=1S/C16H22BrNO7/c1-5-23-16(20)25-10(2)24-15(19)18-7-6-11-8-14(22-4)12(17)9-13(11)21-3/h8-10H,5-7H2,1-4H3,(H,18,19). The number of hydrogen-bond donors (Lipinski definition) is 1. The number of carbonyl (C=O) groups excluding carboxylic acids is 2. The van der Waals surface area contributed by atoms with E-state index in [0.717, 1.165) is 10.0 Å². The van der Waals surface area contributed by atoms with E-state index in [1.807, 2.05) is 6.07 Å². The zero-order valence-corrected chi connectivity index (χ0v) is 16.2. The number of carbonyl (C=O) groups is 2. The molecule has 8 nitrogen and oxygen atoms in total. The Hall–Kier alpha value is -2.16. The number of ether oxygens (including phenoxy) is 5. The van der Waals surface area contributed by atoms with Crippen molar-refractivity contribution in [3.8, 4) is 11.5 Å². The number of alkyl carbamates (subject to hydrolysis) is 1. The highest BCUT2D eigenvalue weighted by molar-refractivity contribution is 9.10. The van der Waals surface area contributed by atoms with Gasteiger partial charge in [0, 0.05) is 13.5 Å². The molecule has 1 aromatic rings. The molecule has 0 fully saturated rings. The van der Waals surface area contributed by atoms with Crippen LogP contribution < -0.4 is 14.8 Å². The predicted octanol–water partition coefficient (Wildman–Crippen LogP) is 3.25. The molecule has 1 N–H and O–H groups in total. The van der Waals surface area contributed by atoms with Crippen LogP contribution in [0.3, 0.4) is 0 Å². The molecule has 1 atom stereocenters. The lowest BCUT2D eigenvalue weighted by Gasteiger charge is -2.15. The van der Waals surface area contributed by atoms with E-state index in [-0.39, 0.29) is 6.61 Å². The minimum atomic E-state index is -1.05. The minimum Gasteiger partial charge on any atom is -0.496 e. The molecule has 1 unspecified atom stereocenters. The van der Waals surface area contributed by atoms with Crippen molar-refractivity contribution in [3.63, 3.8) is 0 Å².